The van der Waals surface area contributed by atoms with Gasteiger partial charge in [0, 0.05) is 6.54 Å². The third-order valence-electron chi connectivity index (χ3n) is 2.72. The highest BCUT2D eigenvalue weighted by Gasteiger charge is 2.22. The molecule has 17 heavy (non-hydrogen) atoms. The summed E-state index contributed by atoms with van der Waals surface area (Å²) in [4.78, 5) is 18.2. The van der Waals surface area contributed by atoms with Gasteiger partial charge in [-0.3, -0.25) is 14.7 Å². The maximum absolute atomic E-state index is 12.1. The SMILES string of the molecule is CSC1=NCCN1C(=O)Cc1cccc(C)c1. The van der Waals surface area contributed by atoms with Crippen molar-refractivity contribution in [1.29, 1.82) is 0 Å². The number of carbonyl (C=O) groups is 1. The van der Waals surface area contributed by atoms with E-state index >= 15 is 0 Å². The minimum Gasteiger partial charge on any atom is -0.289 e. The number of amides is 1. The number of hydrogen-bond acceptors (Lipinski definition) is 3. The van der Waals surface area contributed by atoms with Crippen molar-refractivity contribution < 1.29 is 4.79 Å². The van der Waals surface area contributed by atoms with E-state index in [1.54, 1.807) is 4.90 Å². The summed E-state index contributed by atoms with van der Waals surface area (Å²) in [5.41, 5.74) is 2.26. The number of benzene rings is 1. The third-order valence-corrected chi connectivity index (χ3v) is 3.44. The Kier molecular flexibility index (Phi) is 3.84. The first-order valence-electron chi connectivity index (χ1n) is 5.65. The Hall–Kier alpha value is -1.29. The molecule has 2 rings (SSSR count). The van der Waals surface area contributed by atoms with Crippen molar-refractivity contribution in [3.8, 4) is 0 Å². The van der Waals surface area contributed by atoms with E-state index in [4.69, 9.17) is 0 Å². The van der Waals surface area contributed by atoms with Crippen LogP contribution in [0.25, 0.3) is 0 Å². The molecule has 0 N–H and O–H groups in total. The second-order valence-electron chi connectivity index (χ2n) is 4.08. The molecule has 0 radical (unpaired) electrons. The third kappa shape index (κ3) is 2.88. The molecule has 1 aliphatic rings. The second kappa shape index (κ2) is 5.36. The van der Waals surface area contributed by atoms with E-state index in [0.29, 0.717) is 6.42 Å². The lowest BCUT2D eigenvalue weighted by molar-refractivity contribution is -0.126. The largest absolute Gasteiger partial charge is 0.289 e. The predicted octanol–water partition coefficient (Wildman–Crippen LogP) is 2.10. The number of amidine groups is 1. The molecule has 1 amide bonds. The van der Waals surface area contributed by atoms with E-state index in [9.17, 15) is 4.79 Å². The Morgan fingerprint density at radius 3 is 3.06 bits per heavy atom. The summed E-state index contributed by atoms with van der Waals surface area (Å²) >= 11 is 1.54. The second-order valence-corrected chi connectivity index (χ2v) is 4.85. The molecule has 0 unspecified atom stereocenters. The van der Waals surface area contributed by atoms with Gasteiger partial charge in [-0.25, -0.2) is 0 Å². The highest BCUT2D eigenvalue weighted by Crippen LogP contribution is 2.14. The van der Waals surface area contributed by atoms with E-state index < -0.39 is 0 Å². The molecule has 0 saturated heterocycles. The number of carbonyl (C=O) groups excluding carboxylic acids is 1. The van der Waals surface area contributed by atoms with Crippen LogP contribution in [0.3, 0.4) is 0 Å². The highest BCUT2D eigenvalue weighted by atomic mass is 32.2. The van der Waals surface area contributed by atoms with E-state index in [1.165, 1.54) is 17.3 Å². The van der Waals surface area contributed by atoms with Gasteiger partial charge < -0.3 is 0 Å². The van der Waals surface area contributed by atoms with Gasteiger partial charge in [0.15, 0.2) is 5.17 Å². The van der Waals surface area contributed by atoms with Crippen molar-refractivity contribution in [2.24, 2.45) is 4.99 Å². The summed E-state index contributed by atoms with van der Waals surface area (Å²) in [6.07, 6.45) is 2.42. The quantitative estimate of drug-likeness (QED) is 0.803. The summed E-state index contributed by atoms with van der Waals surface area (Å²) in [7, 11) is 0. The van der Waals surface area contributed by atoms with Crippen molar-refractivity contribution in [3.05, 3.63) is 35.4 Å². The van der Waals surface area contributed by atoms with Gasteiger partial charge in [-0.05, 0) is 18.7 Å². The van der Waals surface area contributed by atoms with Gasteiger partial charge in [0.25, 0.3) is 0 Å². The molecule has 1 heterocycles. The molecule has 0 aliphatic carbocycles. The van der Waals surface area contributed by atoms with Crippen LogP contribution in [-0.2, 0) is 11.2 Å². The van der Waals surface area contributed by atoms with E-state index in [1.807, 2.05) is 31.4 Å². The Morgan fingerprint density at radius 2 is 2.35 bits per heavy atom. The van der Waals surface area contributed by atoms with Gasteiger partial charge in [0.2, 0.25) is 5.91 Å². The minimum absolute atomic E-state index is 0.140. The summed E-state index contributed by atoms with van der Waals surface area (Å²) in [6.45, 7) is 3.50. The smallest absolute Gasteiger partial charge is 0.233 e. The molecule has 0 fully saturated rings. The lowest BCUT2D eigenvalue weighted by Crippen LogP contribution is -2.33. The lowest BCUT2D eigenvalue weighted by Gasteiger charge is -2.16. The van der Waals surface area contributed by atoms with Crippen LogP contribution < -0.4 is 0 Å². The van der Waals surface area contributed by atoms with Crippen LogP contribution in [0, 0.1) is 6.92 Å². The van der Waals surface area contributed by atoms with Crippen LogP contribution in [0.1, 0.15) is 11.1 Å². The topological polar surface area (TPSA) is 32.7 Å². The Bertz CT molecular complexity index is 456. The van der Waals surface area contributed by atoms with Crippen molar-refractivity contribution in [3.63, 3.8) is 0 Å². The zero-order chi connectivity index (χ0) is 12.3. The van der Waals surface area contributed by atoms with Crippen molar-refractivity contribution in [1.82, 2.24) is 4.90 Å². The zero-order valence-corrected chi connectivity index (χ0v) is 11.0. The van der Waals surface area contributed by atoms with Crippen LogP contribution in [0.2, 0.25) is 0 Å². The summed E-state index contributed by atoms with van der Waals surface area (Å²) in [6, 6.07) is 8.09. The Balaban J connectivity index is 2.05. The van der Waals surface area contributed by atoms with Gasteiger partial charge in [0.05, 0.1) is 13.0 Å². The molecular formula is C13H16N2OS. The van der Waals surface area contributed by atoms with Crippen LogP contribution >= 0.6 is 11.8 Å². The molecule has 1 aliphatic heterocycles. The van der Waals surface area contributed by atoms with Crippen molar-refractivity contribution in [2.45, 2.75) is 13.3 Å². The fraction of sp³-hybridized carbons (Fsp3) is 0.385. The first-order chi connectivity index (χ1) is 8.20. The number of aliphatic imine (C=N–C) groups is 1. The van der Waals surface area contributed by atoms with Crippen LogP contribution in [-0.4, -0.2) is 35.3 Å². The van der Waals surface area contributed by atoms with Gasteiger partial charge in [0.1, 0.15) is 0 Å². The molecular weight excluding hydrogens is 232 g/mol. The average molecular weight is 248 g/mol. The first kappa shape index (κ1) is 12.2. The van der Waals surface area contributed by atoms with Gasteiger partial charge >= 0.3 is 0 Å². The van der Waals surface area contributed by atoms with Gasteiger partial charge in [-0.15, -0.1) is 0 Å². The standard InChI is InChI=1S/C13H16N2OS/c1-10-4-3-5-11(8-10)9-12(16)15-7-6-14-13(15)17-2/h3-5,8H,6-7,9H2,1-2H3. The van der Waals surface area contributed by atoms with Crippen molar-refractivity contribution in [2.75, 3.05) is 19.3 Å². The number of nitrogens with zero attached hydrogens (tertiary/aromatic N) is 2. The summed E-state index contributed by atoms with van der Waals surface area (Å²) < 4.78 is 0. The normalized spacial score (nSPS) is 14.9. The molecule has 1 aromatic carbocycles. The predicted molar refractivity (Wildman–Crippen MR) is 72.4 cm³/mol. The molecule has 0 spiro atoms. The Morgan fingerprint density at radius 1 is 1.53 bits per heavy atom. The van der Waals surface area contributed by atoms with Crippen LogP contribution in [0.5, 0.6) is 0 Å². The average Bonchev–Trinajstić information content (AvgIpc) is 2.77. The number of rotatable bonds is 2. The molecule has 3 nitrogen and oxygen atoms in total. The fourth-order valence-corrected chi connectivity index (χ4v) is 2.56. The monoisotopic (exact) mass is 248 g/mol. The molecule has 90 valence electrons. The van der Waals surface area contributed by atoms with Gasteiger partial charge in [-0.1, -0.05) is 41.6 Å². The van der Waals surface area contributed by atoms with Crippen LogP contribution in [0.4, 0.5) is 0 Å². The van der Waals surface area contributed by atoms with E-state index in [2.05, 4.69) is 11.1 Å². The lowest BCUT2D eigenvalue weighted by atomic mass is 10.1. The summed E-state index contributed by atoms with van der Waals surface area (Å²) in [5.74, 6) is 0.140. The van der Waals surface area contributed by atoms with Crippen LogP contribution in [0.15, 0.2) is 29.3 Å². The van der Waals surface area contributed by atoms with E-state index in [-0.39, 0.29) is 5.91 Å². The number of thioether (sulfide) groups is 1. The van der Waals surface area contributed by atoms with E-state index in [0.717, 1.165) is 23.8 Å². The minimum atomic E-state index is 0.140. The zero-order valence-electron chi connectivity index (χ0n) is 10.1. The first-order valence-corrected chi connectivity index (χ1v) is 6.87. The fourth-order valence-electron chi connectivity index (χ4n) is 1.92. The highest BCUT2D eigenvalue weighted by molar-refractivity contribution is 8.13. The van der Waals surface area contributed by atoms with Gasteiger partial charge in [-0.2, -0.15) is 0 Å². The molecule has 4 heteroatoms. The van der Waals surface area contributed by atoms with Crippen molar-refractivity contribution >= 4 is 22.8 Å². The molecule has 0 atom stereocenters. The molecule has 0 aromatic heterocycles. The number of hydrogen-bond donors (Lipinski definition) is 0. The maximum atomic E-state index is 12.1. The maximum Gasteiger partial charge on any atom is 0.233 e. The molecule has 0 bridgehead atoms. The Labute approximate surface area is 106 Å². The molecule has 0 saturated carbocycles. The molecule has 1 aromatic rings. The summed E-state index contributed by atoms with van der Waals surface area (Å²) in [5, 5.41) is 0.850. The number of aryl methyl sites for hydroxylation is 1.